The predicted molar refractivity (Wildman–Crippen MR) is 104 cm³/mol. The van der Waals surface area contributed by atoms with Gasteiger partial charge in [0.1, 0.15) is 5.82 Å². The van der Waals surface area contributed by atoms with E-state index in [1.165, 1.54) is 41.5 Å². The monoisotopic (exact) mass is 388 g/mol. The van der Waals surface area contributed by atoms with Gasteiger partial charge in [-0.15, -0.1) is 11.3 Å². The molecule has 0 atom stereocenters. The van der Waals surface area contributed by atoms with Crippen molar-refractivity contribution in [2.45, 2.75) is 6.92 Å². The molecule has 0 fully saturated rings. The van der Waals surface area contributed by atoms with Crippen molar-refractivity contribution in [3.8, 4) is 0 Å². The zero-order valence-electron chi connectivity index (χ0n) is 13.7. The minimum atomic E-state index is -0.488. The molecule has 0 unspecified atom stereocenters. The van der Waals surface area contributed by atoms with E-state index in [2.05, 4.69) is 15.5 Å². The van der Waals surface area contributed by atoms with Gasteiger partial charge in [-0.05, 0) is 36.4 Å². The maximum absolute atomic E-state index is 14.0. The molecule has 3 rings (SSSR count). The summed E-state index contributed by atoms with van der Waals surface area (Å²) in [6.07, 6.45) is 1.52. The van der Waals surface area contributed by atoms with Crippen LogP contribution in [0, 0.1) is 5.82 Å². The first-order chi connectivity index (χ1) is 12.5. The Labute approximate surface area is 158 Å². The largest absolute Gasteiger partial charge is 0.278 e. The van der Waals surface area contributed by atoms with Crippen LogP contribution in [0.3, 0.4) is 0 Å². The highest BCUT2D eigenvalue weighted by molar-refractivity contribution is 7.14. The third-order valence-electron chi connectivity index (χ3n) is 3.34. The number of benzene rings is 2. The molecule has 2 aromatic carbocycles. The van der Waals surface area contributed by atoms with Gasteiger partial charge in [0.05, 0.1) is 23.3 Å². The number of carbonyl (C=O) groups excluding carboxylic acids is 1. The molecule has 8 heteroatoms. The highest BCUT2D eigenvalue weighted by Gasteiger charge is 2.20. The van der Waals surface area contributed by atoms with Crippen molar-refractivity contribution in [2.24, 2.45) is 5.10 Å². The topological polar surface area (TPSA) is 57.6 Å². The van der Waals surface area contributed by atoms with Gasteiger partial charge in [-0.1, -0.05) is 23.7 Å². The first kappa shape index (κ1) is 18.0. The Balaban J connectivity index is 1.77. The van der Waals surface area contributed by atoms with E-state index in [0.29, 0.717) is 15.8 Å². The number of para-hydroxylation sites is 1. The van der Waals surface area contributed by atoms with E-state index in [9.17, 15) is 9.18 Å². The van der Waals surface area contributed by atoms with Crippen LogP contribution in [0.15, 0.2) is 59.0 Å². The van der Waals surface area contributed by atoms with Gasteiger partial charge in [-0.25, -0.2) is 9.37 Å². The molecule has 26 heavy (non-hydrogen) atoms. The Morgan fingerprint density at radius 3 is 2.69 bits per heavy atom. The molecule has 0 saturated heterocycles. The number of amides is 1. The van der Waals surface area contributed by atoms with Crippen molar-refractivity contribution in [3.05, 3.63) is 70.4 Å². The number of thiazole rings is 1. The van der Waals surface area contributed by atoms with E-state index < -0.39 is 5.82 Å². The lowest BCUT2D eigenvalue weighted by atomic mass is 10.3. The van der Waals surface area contributed by atoms with Crippen molar-refractivity contribution < 1.29 is 9.18 Å². The molecular formula is C18H14ClFN4OS. The van der Waals surface area contributed by atoms with Gasteiger partial charge in [-0.2, -0.15) is 5.10 Å². The standard InChI is InChI=1S/C18H14ClFN4OS/c1-12(25)24(17-5-3-2-4-16(17)20)18-22-15(11-26-18)10-21-23-14-8-6-13(19)7-9-14/h2-11,23H,1H3/b21-10-. The molecule has 0 radical (unpaired) electrons. The maximum atomic E-state index is 14.0. The molecular weight excluding hydrogens is 375 g/mol. The smallest absolute Gasteiger partial charge is 0.230 e. The second kappa shape index (κ2) is 8.07. The summed E-state index contributed by atoms with van der Waals surface area (Å²) >= 11 is 7.06. The number of aromatic nitrogens is 1. The fourth-order valence-corrected chi connectivity index (χ4v) is 3.13. The van der Waals surface area contributed by atoms with Crippen LogP contribution in [0.5, 0.6) is 0 Å². The van der Waals surface area contributed by atoms with Crippen molar-refractivity contribution in [3.63, 3.8) is 0 Å². The van der Waals surface area contributed by atoms with Crippen LogP contribution in [0.2, 0.25) is 5.02 Å². The number of carbonyl (C=O) groups is 1. The van der Waals surface area contributed by atoms with Crippen LogP contribution in [0.25, 0.3) is 0 Å². The summed E-state index contributed by atoms with van der Waals surface area (Å²) in [5, 5.41) is 6.84. The van der Waals surface area contributed by atoms with E-state index in [4.69, 9.17) is 11.6 Å². The third kappa shape index (κ3) is 4.25. The average Bonchev–Trinajstić information content (AvgIpc) is 3.07. The van der Waals surface area contributed by atoms with Crippen LogP contribution >= 0.6 is 22.9 Å². The van der Waals surface area contributed by atoms with Crippen LogP contribution in [-0.4, -0.2) is 17.1 Å². The van der Waals surface area contributed by atoms with Gasteiger partial charge in [0, 0.05) is 17.3 Å². The lowest BCUT2D eigenvalue weighted by molar-refractivity contribution is -0.115. The van der Waals surface area contributed by atoms with Gasteiger partial charge >= 0.3 is 0 Å². The van der Waals surface area contributed by atoms with Gasteiger partial charge in [0.2, 0.25) is 5.91 Å². The second-order valence-corrected chi connectivity index (χ2v) is 6.51. The summed E-state index contributed by atoms with van der Waals surface area (Å²) in [4.78, 5) is 17.6. The summed E-state index contributed by atoms with van der Waals surface area (Å²) in [7, 11) is 0. The van der Waals surface area contributed by atoms with Crippen LogP contribution in [0.1, 0.15) is 12.6 Å². The molecule has 0 bridgehead atoms. The Bertz CT molecular complexity index is 942. The molecule has 0 spiro atoms. The highest BCUT2D eigenvalue weighted by Crippen LogP contribution is 2.30. The van der Waals surface area contributed by atoms with Crippen LogP contribution in [0.4, 0.5) is 20.9 Å². The Morgan fingerprint density at radius 2 is 2.00 bits per heavy atom. The number of hydrogen-bond acceptors (Lipinski definition) is 5. The van der Waals surface area contributed by atoms with Crippen molar-refractivity contribution in [1.29, 1.82) is 0 Å². The normalized spacial score (nSPS) is 10.9. The minimum Gasteiger partial charge on any atom is -0.278 e. The summed E-state index contributed by atoms with van der Waals surface area (Å²) in [6.45, 7) is 1.36. The third-order valence-corrected chi connectivity index (χ3v) is 4.44. The van der Waals surface area contributed by atoms with Gasteiger partial charge in [0.25, 0.3) is 0 Å². The molecule has 0 aliphatic heterocycles. The fraction of sp³-hybridized carbons (Fsp3) is 0.0556. The Hall–Kier alpha value is -2.77. The average molecular weight is 389 g/mol. The first-order valence-electron chi connectivity index (χ1n) is 7.60. The number of hydrogen-bond donors (Lipinski definition) is 1. The molecule has 1 heterocycles. The molecule has 0 aliphatic rings. The molecule has 5 nitrogen and oxygen atoms in total. The molecule has 1 aromatic heterocycles. The Kier molecular flexibility index (Phi) is 5.60. The predicted octanol–water partition coefficient (Wildman–Crippen LogP) is 5.07. The lowest BCUT2D eigenvalue weighted by Crippen LogP contribution is -2.23. The van der Waals surface area contributed by atoms with Crippen LogP contribution < -0.4 is 10.3 Å². The summed E-state index contributed by atoms with van der Waals surface area (Å²) in [6, 6.07) is 13.2. The van der Waals surface area contributed by atoms with Gasteiger partial charge < -0.3 is 0 Å². The quantitative estimate of drug-likeness (QED) is 0.490. The van der Waals surface area contributed by atoms with Crippen molar-refractivity contribution >= 4 is 51.6 Å². The number of rotatable bonds is 5. The number of nitrogens with zero attached hydrogens (tertiary/aromatic N) is 3. The summed E-state index contributed by atoms with van der Waals surface area (Å²) in [5.41, 5.74) is 4.35. The zero-order chi connectivity index (χ0) is 18.5. The minimum absolute atomic E-state index is 0.164. The molecule has 1 amide bonds. The summed E-state index contributed by atoms with van der Waals surface area (Å²) in [5.74, 6) is -0.815. The first-order valence-corrected chi connectivity index (χ1v) is 8.86. The zero-order valence-corrected chi connectivity index (χ0v) is 15.3. The molecule has 132 valence electrons. The van der Waals surface area contributed by atoms with Crippen LogP contribution in [-0.2, 0) is 4.79 Å². The van der Waals surface area contributed by atoms with E-state index >= 15 is 0 Å². The number of nitrogens with one attached hydrogen (secondary N) is 1. The SMILES string of the molecule is CC(=O)N(c1nc(/C=N\Nc2ccc(Cl)cc2)cs1)c1ccccc1F. The van der Waals surface area contributed by atoms with E-state index in [1.54, 1.807) is 41.8 Å². The fourth-order valence-electron chi connectivity index (χ4n) is 2.18. The van der Waals surface area contributed by atoms with Gasteiger partial charge in [0.15, 0.2) is 5.13 Å². The highest BCUT2D eigenvalue weighted by atomic mass is 35.5. The van der Waals surface area contributed by atoms with Crippen molar-refractivity contribution in [1.82, 2.24) is 4.98 Å². The van der Waals surface area contributed by atoms with E-state index in [1.807, 2.05) is 0 Å². The summed E-state index contributed by atoms with van der Waals surface area (Å²) < 4.78 is 14.0. The number of hydrazone groups is 1. The number of halogens is 2. The van der Waals surface area contributed by atoms with E-state index in [-0.39, 0.29) is 11.6 Å². The Morgan fingerprint density at radius 1 is 1.27 bits per heavy atom. The molecule has 0 saturated carbocycles. The lowest BCUT2D eigenvalue weighted by Gasteiger charge is -2.18. The second-order valence-electron chi connectivity index (χ2n) is 5.24. The molecule has 0 aliphatic carbocycles. The van der Waals surface area contributed by atoms with Gasteiger partial charge in [-0.3, -0.25) is 15.1 Å². The molecule has 3 aromatic rings. The van der Waals surface area contributed by atoms with Crippen molar-refractivity contribution in [2.75, 3.05) is 10.3 Å². The van der Waals surface area contributed by atoms with E-state index in [0.717, 1.165) is 5.69 Å². The maximum Gasteiger partial charge on any atom is 0.230 e. The molecule has 1 N–H and O–H groups in total. The number of anilines is 3.